The molecule has 0 saturated carbocycles. The molecule has 1 aromatic carbocycles. The molecule has 0 N–H and O–H groups in total. The summed E-state index contributed by atoms with van der Waals surface area (Å²) in [4.78, 5) is 0. The Balaban J connectivity index is 2.87. The summed E-state index contributed by atoms with van der Waals surface area (Å²) in [5.41, 5.74) is 1.37. The van der Waals surface area contributed by atoms with E-state index in [1.165, 1.54) is 5.56 Å². The third kappa shape index (κ3) is 2.69. The van der Waals surface area contributed by atoms with Crippen molar-refractivity contribution in [3.05, 3.63) is 29.8 Å². The SMILES string of the molecule is CC(C)(C)c1ccc(OB=O)cc1. The van der Waals surface area contributed by atoms with Crippen molar-refractivity contribution in [2.24, 2.45) is 0 Å². The van der Waals surface area contributed by atoms with Crippen LogP contribution in [-0.4, -0.2) is 7.35 Å². The van der Waals surface area contributed by atoms with Crippen molar-refractivity contribution in [2.75, 3.05) is 0 Å². The zero-order chi connectivity index (χ0) is 9.90. The van der Waals surface area contributed by atoms with Gasteiger partial charge in [0, 0.05) is 0 Å². The van der Waals surface area contributed by atoms with Crippen molar-refractivity contribution >= 4 is 7.35 Å². The number of hydrogen-bond donors (Lipinski definition) is 0. The first-order valence-electron chi connectivity index (χ1n) is 4.25. The summed E-state index contributed by atoms with van der Waals surface area (Å²) in [5.74, 6) is 0.586. The summed E-state index contributed by atoms with van der Waals surface area (Å²) in [6.07, 6.45) is 0. The molecule has 0 atom stereocenters. The van der Waals surface area contributed by atoms with E-state index in [1.807, 2.05) is 12.1 Å². The van der Waals surface area contributed by atoms with Crippen LogP contribution in [0.5, 0.6) is 5.75 Å². The van der Waals surface area contributed by atoms with Gasteiger partial charge in [0.25, 0.3) is 0 Å². The van der Waals surface area contributed by atoms with Crippen molar-refractivity contribution in [1.82, 2.24) is 0 Å². The van der Waals surface area contributed by atoms with Crippen molar-refractivity contribution < 1.29 is 9.36 Å². The van der Waals surface area contributed by atoms with Crippen LogP contribution in [0.2, 0.25) is 0 Å². The van der Waals surface area contributed by atoms with Crippen molar-refractivity contribution in [3.63, 3.8) is 0 Å². The normalized spacial score (nSPS) is 10.7. The molecule has 0 bridgehead atoms. The molecule has 0 amide bonds. The number of rotatable bonds is 2. The first-order valence-corrected chi connectivity index (χ1v) is 4.25. The van der Waals surface area contributed by atoms with Gasteiger partial charge < -0.3 is 0 Å². The van der Waals surface area contributed by atoms with Gasteiger partial charge in [0.1, 0.15) is 0 Å². The zero-order valence-corrected chi connectivity index (χ0v) is 8.20. The number of benzene rings is 1. The van der Waals surface area contributed by atoms with Crippen LogP contribution in [0.25, 0.3) is 0 Å². The molecule has 1 aromatic rings. The Kier molecular flexibility index (Phi) is 2.86. The molecular formula is C10H13BO2. The standard InChI is InChI=1S/C10H13BO2/c1-10(2,3)8-4-6-9(7-5-8)13-11-12/h4-7H,1-3H3. The summed E-state index contributed by atoms with van der Waals surface area (Å²) in [6.45, 7) is 6.42. The van der Waals surface area contributed by atoms with Crippen LogP contribution in [0, 0.1) is 0 Å². The molecule has 2 nitrogen and oxygen atoms in total. The summed E-state index contributed by atoms with van der Waals surface area (Å²) >= 11 is 0. The predicted molar refractivity (Wildman–Crippen MR) is 52.2 cm³/mol. The van der Waals surface area contributed by atoms with Crippen LogP contribution in [0.4, 0.5) is 0 Å². The average Bonchev–Trinajstić information content (AvgIpc) is 2.04. The summed E-state index contributed by atoms with van der Waals surface area (Å²) in [7, 11) is 0.437. The second-order valence-corrected chi connectivity index (χ2v) is 3.99. The molecule has 0 aliphatic carbocycles. The van der Waals surface area contributed by atoms with Gasteiger partial charge in [0.15, 0.2) is 0 Å². The van der Waals surface area contributed by atoms with Crippen LogP contribution in [0.1, 0.15) is 26.3 Å². The van der Waals surface area contributed by atoms with Crippen LogP contribution in [0.15, 0.2) is 24.3 Å². The fourth-order valence-electron chi connectivity index (χ4n) is 1.09. The van der Waals surface area contributed by atoms with E-state index in [9.17, 15) is 4.70 Å². The van der Waals surface area contributed by atoms with E-state index >= 15 is 0 Å². The van der Waals surface area contributed by atoms with E-state index in [0.29, 0.717) is 13.1 Å². The molecule has 0 heterocycles. The third-order valence-electron chi connectivity index (χ3n) is 1.90. The Morgan fingerprint density at radius 2 is 1.69 bits per heavy atom. The Hall–Kier alpha value is -1.12. The van der Waals surface area contributed by atoms with Crippen LogP contribution in [-0.2, 0) is 10.1 Å². The quantitative estimate of drug-likeness (QED) is 0.646. The van der Waals surface area contributed by atoms with E-state index < -0.39 is 0 Å². The molecule has 0 unspecified atom stereocenters. The monoisotopic (exact) mass is 176 g/mol. The topological polar surface area (TPSA) is 26.3 Å². The Bertz CT molecular complexity index is 285. The van der Waals surface area contributed by atoms with E-state index in [-0.39, 0.29) is 5.41 Å². The van der Waals surface area contributed by atoms with Gasteiger partial charge in [-0.1, -0.05) is 0 Å². The Labute approximate surface area is 79.2 Å². The molecule has 1 rings (SSSR count). The maximum atomic E-state index is 10.0. The molecule has 0 spiro atoms. The molecule has 0 saturated heterocycles. The molecule has 0 radical (unpaired) electrons. The molecular weight excluding hydrogens is 163 g/mol. The fourth-order valence-corrected chi connectivity index (χ4v) is 1.09. The van der Waals surface area contributed by atoms with Gasteiger partial charge in [-0.2, -0.15) is 0 Å². The van der Waals surface area contributed by atoms with Gasteiger partial charge in [-0.05, 0) is 0 Å². The van der Waals surface area contributed by atoms with E-state index in [0.717, 1.165) is 0 Å². The second-order valence-electron chi connectivity index (χ2n) is 3.99. The van der Waals surface area contributed by atoms with Crippen molar-refractivity contribution in [3.8, 4) is 5.75 Å². The molecule has 3 heteroatoms. The van der Waals surface area contributed by atoms with Crippen LogP contribution >= 0.6 is 0 Å². The van der Waals surface area contributed by atoms with Gasteiger partial charge in [0.2, 0.25) is 0 Å². The van der Waals surface area contributed by atoms with Crippen molar-refractivity contribution in [2.45, 2.75) is 26.2 Å². The zero-order valence-electron chi connectivity index (χ0n) is 8.20. The van der Waals surface area contributed by atoms with Crippen molar-refractivity contribution in [1.29, 1.82) is 0 Å². The van der Waals surface area contributed by atoms with Crippen LogP contribution in [0.3, 0.4) is 0 Å². The molecule has 0 aliphatic rings. The van der Waals surface area contributed by atoms with Gasteiger partial charge in [-0.15, -0.1) is 0 Å². The van der Waals surface area contributed by atoms with E-state index in [2.05, 4.69) is 20.8 Å². The second kappa shape index (κ2) is 3.73. The third-order valence-corrected chi connectivity index (χ3v) is 1.90. The summed E-state index contributed by atoms with van der Waals surface area (Å²) in [5, 5.41) is 0. The summed E-state index contributed by atoms with van der Waals surface area (Å²) < 4.78 is 14.7. The first-order chi connectivity index (χ1) is 6.04. The van der Waals surface area contributed by atoms with Gasteiger partial charge in [0.05, 0.1) is 0 Å². The van der Waals surface area contributed by atoms with Gasteiger partial charge >= 0.3 is 78.5 Å². The van der Waals surface area contributed by atoms with E-state index in [1.54, 1.807) is 12.1 Å². The Morgan fingerprint density at radius 1 is 1.15 bits per heavy atom. The molecule has 0 aliphatic heterocycles. The Morgan fingerprint density at radius 3 is 2.08 bits per heavy atom. The summed E-state index contributed by atoms with van der Waals surface area (Å²) in [6, 6.07) is 7.54. The van der Waals surface area contributed by atoms with E-state index in [4.69, 9.17) is 4.65 Å². The van der Waals surface area contributed by atoms with Crippen LogP contribution < -0.4 is 4.65 Å². The molecule has 13 heavy (non-hydrogen) atoms. The molecule has 0 fully saturated rings. The molecule has 0 aromatic heterocycles. The van der Waals surface area contributed by atoms with Gasteiger partial charge in [-0.25, -0.2) is 0 Å². The fraction of sp³-hybridized carbons (Fsp3) is 0.400. The maximum absolute atomic E-state index is 10.0. The minimum absolute atomic E-state index is 0.139. The first kappa shape index (κ1) is 9.97. The molecule has 68 valence electrons. The number of hydrogen-bond acceptors (Lipinski definition) is 2. The minimum atomic E-state index is 0.139. The van der Waals surface area contributed by atoms with Gasteiger partial charge in [-0.3, -0.25) is 0 Å². The predicted octanol–water partition coefficient (Wildman–Crippen LogP) is 2.33. The average molecular weight is 176 g/mol.